The van der Waals surface area contributed by atoms with Crippen LogP contribution in [0.1, 0.15) is 12.8 Å². The molecule has 1 aliphatic heterocycles. The largest absolute Gasteiger partial charge is 0.344 e. The summed E-state index contributed by atoms with van der Waals surface area (Å²) in [5.74, 6) is 2.57. The van der Waals surface area contributed by atoms with Crippen LogP contribution in [0.25, 0.3) is 0 Å². The molecule has 3 heteroatoms. The SMILES string of the molecule is C#CC1CCCP(=O)(O)C1. The smallest absolute Gasteiger partial charge is 0.201 e. The van der Waals surface area contributed by atoms with Gasteiger partial charge in [0.25, 0.3) is 0 Å². The van der Waals surface area contributed by atoms with E-state index in [0.29, 0.717) is 12.3 Å². The van der Waals surface area contributed by atoms with E-state index >= 15 is 0 Å². The topological polar surface area (TPSA) is 37.3 Å². The maximum Gasteiger partial charge on any atom is 0.201 e. The van der Waals surface area contributed by atoms with Gasteiger partial charge >= 0.3 is 0 Å². The maximum atomic E-state index is 11.1. The van der Waals surface area contributed by atoms with Crippen molar-refractivity contribution in [3.63, 3.8) is 0 Å². The van der Waals surface area contributed by atoms with Crippen LogP contribution in [0.5, 0.6) is 0 Å². The van der Waals surface area contributed by atoms with Gasteiger partial charge in [-0.15, -0.1) is 12.3 Å². The third kappa shape index (κ3) is 1.87. The second kappa shape index (κ2) is 2.78. The first kappa shape index (κ1) is 7.85. The van der Waals surface area contributed by atoms with Crippen LogP contribution in [0, 0.1) is 18.3 Å². The molecular formula is C7H11O2P. The molecule has 1 rings (SSSR count). The van der Waals surface area contributed by atoms with Crippen molar-refractivity contribution in [1.82, 2.24) is 0 Å². The summed E-state index contributed by atoms with van der Waals surface area (Å²) in [4.78, 5) is 9.14. The van der Waals surface area contributed by atoms with E-state index in [-0.39, 0.29) is 5.92 Å². The van der Waals surface area contributed by atoms with Crippen molar-refractivity contribution in [2.75, 3.05) is 12.3 Å². The lowest BCUT2D eigenvalue weighted by Crippen LogP contribution is -2.12. The first-order chi connectivity index (χ1) is 4.64. The summed E-state index contributed by atoms with van der Waals surface area (Å²) in [5, 5.41) is 0. The minimum absolute atomic E-state index is 0.0459. The van der Waals surface area contributed by atoms with E-state index in [9.17, 15) is 4.57 Å². The van der Waals surface area contributed by atoms with Gasteiger partial charge in [-0.1, -0.05) is 0 Å². The predicted octanol–water partition coefficient (Wildman–Crippen LogP) is 1.30. The summed E-state index contributed by atoms with van der Waals surface area (Å²) in [5.41, 5.74) is 0. The summed E-state index contributed by atoms with van der Waals surface area (Å²) in [7, 11) is -2.80. The molecule has 1 fully saturated rings. The van der Waals surface area contributed by atoms with Gasteiger partial charge in [0.05, 0.1) is 0 Å². The minimum Gasteiger partial charge on any atom is -0.344 e. The molecule has 0 bridgehead atoms. The Balaban J connectivity index is 2.58. The third-order valence-corrected chi connectivity index (χ3v) is 3.83. The van der Waals surface area contributed by atoms with E-state index in [1.807, 2.05) is 0 Å². The zero-order valence-electron chi connectivity index (χ0n) is 5.79. The Morgan fingerprint density at radius 2 is 2.40 bits per heavy atom. The summed E-state index contributed by atoms with van der Waals surface area (Å²) in [6, 6.07) is 0. The molecule has 2 atom stereocenters. The van der Waals surface area contributed by atoms with Gasteiger partial charge < -0.3 is 4.89 Å². The Hall–Kier alpha value is -0.250. The average Bonchev–Trinajstić information content (AvgIpc) is 1.86. The van der Waals surface area contributed by atoms with Crippen molar-refractivity contribution in [3.8, 4) is 12.3 Å². The lowest BCUT2D eigenvalue weighted by atomic mass is 10.1. The highest BCUT2D eigenvalue weighted by Gasteiger charge is 2.27. The van der Waals surface area contributed by atoms with E-state index in [0.717, 1.165) is 12.8 Å². The summed E-state index contributed by atoms with van der Waals surface area (Å²) >= 11 is 0. The van der Waals surface area contributed by atoms with Crippen molar-refractivity contribution >= 4 is 7.37 Å². The lowest BCUT2D eigenvalue weighted by molar-refractivity contribution is 0.449. The van der Waals surface area contributed by atoms with Gasteiger partial charge in [-0.05, 0) is 12.8 Å². The fourth-order valence-electron chi connectivity index (χ4n) is 1.25. The third-order valence-electron chi connectivity index (χ3n) is 1.80. The van der Waals surface area contributed by atoms with Gasteiger partial charge in [0.2, 0.25) is 7.37 Å². The van der Waals surface area contributed by atoms with Crippen molar-refractivity contribution in [2.45, 2.75) is 12.8 Å². The van der Waals surface area contributed by atoms with Gasteiger partial charge in [0.1, 0.15) is 0 Å². The minimum atomic E-state index is -2.80. The molecule has 0 saturated carbocycles. The molecule has 1 saturated heterocycles. The molecule has 10 heavy (non-hydrogen) atoms. The van der Waals surface area contributed by atoms with Crippen LogP contribution in [-0.4, -0.2) is 17.2 Å². The number of terminal acetylenes is 1. The van der Waals surface area contributed by atoms with Gasteiger partial charge in [0, 0.05) is 18.2 Å². The molecule has 2 nitrogen and oxygen atoms in total. The van der Waals surface area contributed by atoms with Crippen LogP contribution >= 0.6 is 7.37 Å². The molecule has 1 aliphatic rings. The fourth-order valence-corrected chi connectivity index (χ4v) is 3.08. The Morgan fingerprint density at radius 1 is 1.70 bits per heavy atom. The Morgan fingerprint density at radius 3 is 2.80 bits per heavy atom. The molecule has 0 spiro atoms. The first-order valence-electron chi connectivity index (χ1n) is 3.41. The van der Waals surface area contributed by atoms with Gasteiger partial charge in [-0.25, -0.2) is 0 Å². The van der Waals surface area contributed by atoms with Crippen molar-refractivity contribution in [1.29, 1.82) is 0 Å². The number of hydrogen-bond donors (Lipinski definition) is 1. The predicted molar refractivity (Wildman–Crippen MR) is 41.1 cm³/mol. The van der Waals surface area contributed by atoms with Crippen LogP contribution in [0.3, 0.4) is 0 Å². The number of hydrogen-bond acceptors (Lipinski definition) is 1. The molecule has 0 amide bonds. The van der Waals surface area contributed by atoms with Crippen molar-refractivity contribution in [2.24, 2.45) is 5.92 Å². The average molecular weight is 158 g/mol. The molecule has 56 valence electrons. The highest BCUT2D eigenvalue weighted by molar-refractivity contribution is 7.58. The molecule has 1 N–H and O–H groups in total. The van der Waals surface area contributed by atoms with Gasteiger partial charge in [-0.2, -0.15) is 0 Å². The molecule has 1 heterocycles. The van der Waals surface area contributed by atoms with E-state index in [2.05, 4.69) is 5.92 Å². The van der Waals surface area contributed by atoms with Gasteiger partial charge in [0.15, 0.2) is 0 Å². The summed E-state index contributed by atoms with van der Waals surface area (Å²) in [6.07, 6.45) is 7.67. The standard InChI is InChI=1S/C7H11O2P/c1-2-7-4-3-5-10(8,9)6-7/h1,7H,3-6H2,(H,8,9). The fraction of sp³-hybridized carbons (Fsp3) is 0.714. The molecule has 0 aromatic rings. The lowest BCUT2D eigenvalue weighted by Gasteiger charge is -2.21. The summed E-state index contributed by atoms with van der Waals surface area (Å²) in [6.45, 7) is 0. The van der Waals surface area contributed by atoms with Crippen LogP contribution in [0.4, 0.5) is 0 Å². The quantitative estimate of drug-likeness (QED) is 0.426. The van der Waals surface area contributed by atoms with E-state index < -0.39 is 7.37 Å². The van der Waals surface area contributed by atoms with E-state index in [1.54, 1.807) is 0 Å². The Labute approximate surface area is 61.1 Å². The van der Waals surface area contributed by atoms with Crippen molar-refractivity contribution in [3.05, 3.63) is 0 Å². The first-order valence-corrected chi connectivity index (χ1v) is 5.44. The normalized spacial score (nSPS) is 40.6. The molecule has 0 aliphatic carbocycles. The van der Waals surface area contributed by atoms with Gasteiger partial charge in [-0.3, -0.25) is 4.57 Å². The van der Waals surface area contributed by atoms with Crippen LogP contribution < -0.4 is 0 Å². The molecule has 2 unspecified atom stereocenters. The molecule has 0 aromatic carbocycles. The highest BCUT2D eigenvalue weighted by Crippen LogP contribution is 2.47. The molecule has 0 radical (unpaired) electrons. The zero-order chi connectivity index (χ0) is 7.61. The Bertz CT molecular complexity index is 204. The monoisotopic (exact) mass is 158 g/mol. The molecular weight excluding hydrogens is 147 g/mol. The Kier molecular flexibility index (Phi) is 2.18. The van der Waals surface area contributed by atoms with E-state index in [1.165, 1.54) is 0 Å². The second-order valence-corrected chi connectivity index (χ2v) is 5.26. The maximum absolute atomic E-state index is 11.1. The van der Waals surface area contributed by atoms with Crippen LogP contribution in [0.2, 0.25) is 0 Å². The summed E-state index contributed by atoms with van der Waals surface area (Å²) < 4.78 is 11.1. The van der Waals surface area contributed by atoms with Crippen molar-refractivity contribution < 1.29 is 9.46 Å². The molecule has 0 aromatic heterocycles. The number of rotatable bonds is 0. The van der Waals surface area contributed by atoms with E-state index in [4.69, 9.17) is 11.3 Å². The van der Waals surface area contributed by atoms with Crippen LogP contribution in [0.15, 0.2) is 0 Å². The second-order valence-electron chi connectivity index (χ2n) is 2.76. The van der Waals surface area contributed by atoms with Crippen LogP contribution in [-0.2, 0) is 4.57 Å². The zero-order valence-corrected chi connectivity index (χ0v) is 6.68. The highest BCUT2D eigenvalue weighted by atomic mass is 31.2.